The summed E-state index contributed by atoms with van der Waals surface area (Å²) in [5, 5.41) is 0. The first-order chi connectivity index (χ1) is 7.79. The number of likely N-dealkylation sites (N-methyl/N-ethyl adjacent to an activating group) is 1. The number of hydrogen-bond donors (Lipinski definition) is 0. The van der Waals surface area contributed by atoms with E-state index in [4.69, 9.17) is 4.74 Å². The van der Waals surface area contributed by atoms with Crippen molar-refractivity contribution in [2.24, 2.45) is 0 Å². The Morgan fingerprint density at radius 3 is 2.59 bits per heavy atom. The topological polar surface area (TPSA) is 29.5 Å². The van der Waals surface area contributed by atoms with Gasteiger partial charge in [-0.05, 0) is 39.0 Å². The number of anilines is 1. The van der Waals surface area contributed by atoms with Crippen LogP contribution < -0.4 is 4.90 Å². The average Bonchev–Trinajstić information content (AvgIpc) is 2.24. The second kappa shape index (κ2) is 5.27. The molecule has 0 aliphatic carbocycles. The number of carbonyl (C=O) groups is 1. The molecule has 0 spiro atoms. The zero-order valence-electron chi connectivity index (χ0n) is 10.7. The lowest BCUT2D eigenvalue weighted by atomic mass is 10.2. The Morgan fingerprint density at radius 2 is 2.06 bits per heavy atom. The first-order valence-corrected chi connectivity index (χ1v) is 5.46. The van der Waals surface area contributed by atoms with Crippen LogP contribution in [0.2, 0.25) is 0 Å². The summed E-state index contributed by atoms with van der Waals surface area (Å²) >= 11 is 0. The third-order valence-electron chi connectivity index (χ3n) is 2.20. The molecule has 94 valence electrons. The molecule has 0 bridgehead atoms. The molecule has 0 aliphatic rings. The van der Waals surface area contributed by atoms with Gasteiger partial charge in [0.05, 0.1) is 5.60 Å². The van der Waals surface area contributed by atoms with E-state index in [0.717, 1.165) is 0 Å². The third-order valence-corrected chi connectivity index (χ3v) is 2.20. The first-order valence-electron chi connectivity index (χ1n) is 5.46. The second-order valence-electron chi connectivity index (χ2n) is 4.83. The molecule has 1 aromatic carbocycles. The molecule has 0 unspecified atom stereocenters. The highest BCUT2D eigenvalue weighted by atomic mass is 19.1. The molecule has 0 N–H and O–H groups in total. The summed E-state index contributed by atoms with van der Waals surface area (Å²) in [5.74, 6) is -0.565. The molecule has 1 amide bonds. The maximum atomic E-state index is 13.0. The Kier molecular flexibility index (Phi) is 4.23. The van der Waals surface area contributed by atoms with Crippen LogP contribution in [0.4, 0.5) is 10.1 Å². The van der Waals surface area contributed by atoms with Crippen molar-refractivity contribution < 1.29 is 13.9 Å². The molecule has 4 heteroatoms. The molecule has 0 fully saturated rings. The Balaban J connectivity index is 2.64. The van der Waals surface area contributed by atoms with Crippen molar-refractivity contribution in [1.82, 2.24) is 0 Å². The number of nitrogens with zero attached hydrogens (tertiary/aromatic N) is 1. The van der Waals surface area contributed by atoms with Crippen LogP contribution in [0.5, 0.6) is 0 Å². The fourth-order valence-corrected chi connectivity index (χ4v) is 1.20. The fourth-order valence-electron chi connectivity index (χ4n) is 1.20. The van der Waals surface area contributed by atoms with Crippen molar-refractivity contribution in [3.63, 3.8) is 0 Å². The molecular weight excluding hydrogens is 221 g/mol. The zero-order chi connectivity index (χ0) is 13.1. The average molecular weight is 239 g/mol. The summed E-state index contributed by atoms with van der Waals surface area (Å²) in [7, 11) is 1.60. The number of amides is 1. The highest BCUT2D eigenvalue weighted by Crippen LogP contribution is 2.15. The molecule has 0 saturated carbocycles. The maximum absolute atomic E-state index is 13.0. The highest BCUT2D eigenvalue weighted by Gasteiger charge is 2.16. The molecule has 3 nitrogen and oxygen atoms in total. The van der Waals surface area contributed by atoms with Gasteiger partial charge in [-0.2, -0.15) is 0 Å². The molecule has 1 rings (SSSR count). The van der Waals surface area contributed by atoms with Crippen molar-refractivity contribution in [3.8, 4) is 0 Å². The van der Waals surface area contributed by atoms with Crippen molar-refractivity contribution in [2.45, 2.75) is 26.4 Å². The smallest absolute Gasteiger partial charge is 0.252 e. The van der Waals surface area contributed by atoms with Crippen molar-refractivity contribution in [2.75, 3.05) is 18.6 Å². The molecule has 0 atom stereocenters. The Morgan fingerprint density at radius 1 is 1.41 bits per heavy atom. The summed E-state index contributed by atoms with van der Waals surface area (Å²) in [6.45, 7) is 5.61. The predicted molar refractivity (Wildman–Crippen MR) is 65.5 cm³/mol. The Hall–Kier alpha value is -1.42. The second-order valence-corrected chi connectivity index (χ2v) is 4.83. The van der Waals surface area contributed by atoms with E-state index in [-0.39, 0.29) is 23.9 Å². The van der Waals surface area contributed by atoms with E-state index in [2.05, 4.69) is 0 Å². The van der Waals surface area contributed by atoms with Gasteiger partial charge in [-0.15, -0.1) is 0 Å². The first kappa shape index (κ1) is 13.6. The monoisotopic (exact) mass is 239 g/mol. The highest BCUT2D eigenvalue weighted by molar-refractivity contribution is 5.93. The van der Waals surface area contributed by atoms with Gasteiger partial charge in [0.2, 0.25) is 0 Å². The SMILES string of the molecule is CN(C(=O)COC(C)(C)C)c1cccc(F)c1. The zero-order valence-corrected chi connectivity index (χ0v) is 10.7. The molecule has 0 saturated heterocycles. The molecule has 0 heterocycles. The van der Waals surface area contributed by atoms with Crippen molar-refractivity contribution >= 4 is 11.6 Å². The maximum Gasteiger partial charge on any atom is 0.252 e. The van der Waals surface area contributed by atoms with Crippen LogP contribution in [0.15, 0.2) is 24.3 Å². The molecule has 0 aromatic heterocycles. The van der Waals surface area contributed by atoms with Crippen LogP contribution in [0, 0.1) is 5.82 Å². The van der Waals surface area contributed by atoms with Gasteiger partial charge in [-0.1, -0.05) is 6.07 Å². The molecule has 0 aliphatic heterocycles. The van der Waals surface area contributed by atoms with E-state index < -0.39 is 0 Å². The predicted octanol–water partition coefficient (Wildman–Crippen LogP) is 2.60. The third kappa shape index (κ3) is 4.53. The van der Waals surface area contributed by atoms with Crippen LogP contribution in [0.25, 0.3) is 0 Å². The van der Waals surface area contributed by atoms with Crippen LogP contribution in [-0.2, 0) is 9.53 Å². The standard InChI is InChI=1S/C13H18FNO2/c1-13(2,3)17-9-12(16)15(4)11-7-5-6-10(14)8-11/h5-8H,9H2,1-4H3. The minimum Gasteiger partial charge on any atom is -0.366 e. The van der Waals surface area contributed by atoms with E-state index in [1.54, 1.807) is 19.2 Å². The summed E-state index contributed by atoms with van der Waals surface area (Å²) < 4.78 is 18.4. The molecular formula is C13H18FNO2. The van der Waals surface area contributed by atoms with E-state index in [1.807, 2.05) is 20.8 Å². The van der Waals surface area contributed by atoms with Gasteiger partial charge in [0.1, 0.15) is 12.4 Å². The molecule has 1 aromatic rings. The van der Waals surface area contributed by atoms with Crippen LogP contribution in [0.3, 0.4) is 0 Å². The van der Waals surface area contributed by atoms with Gasteiger partial charge in [0.15, 0.2) is 0 Å². The summed E-state index contributed by atoms with van der Waals surface area (Å²) in [4.78, 5) is 13.2. The number of ether oxygens (including phenoxy) is 1. The Labute approximate surface area is 101 Å². The summed E-state index contributed by atoms with van der Waals surface area (Å²) in [5.41, 5.74) is 0.158. The Bertz CT molecular complexity index is 399. The van der Waals surface area contributed by atoms with Gasteiger partial charge in [-0.3, -0.25) is 4.79 Å². The molecule has 0 radical (unpaired) electrons. The van der Waals surface area contributed by atoms with Crippen LogP contribution >= 0.6 is 0 Å². The minimum atomic E-state index is -0.363. The van der Waals surface area contributed by atoms with Crippen molar-refractivity contribution in [3.05, 3.63) is 30.1 Å². The number of benzene rings is 1. The normalized spacial score (nSPS) is 11.4. The largest absolute Gasteiger partial charge is 0.366 e. The van der Waals surface area contributed by atoms with E-state index in [0.29, 0.717) is 5.69 Å². The lowest BCUT2D eigenvalue weighted by Crippen LogP contribution is -2.33. The van der Waals surface area contributed by atoms with Gasteiger partial charge in [0.25, 0.3) is 5.91 Å². The van der Waals surface area contributed by atoms with Gasteiger partial charge >= 0.3 is 0 Å². The summed E-state index contributed by atoms with van der Waals surface area (Å²) in [6, 6.07) is 5.90. The minimum absolute atomic E-state index is 0.0173. The summed E-state index contributed by atoms with van der Waals surface area (Å²) in [6.07, 6.45) is 0. The molecule has 17 heavy (non-hydrogen) atoms. The van der Waals surface area contributed by atoms with Crippen LogP contribution in [-0.4, -0.2) is 25.2 Å². The van der Waals surface area contributed by atoms with Gasteiger partial charge < -0.3 is 9.64 Å². The van der Waals surface area contributed by atoms with Gasteiger partial charge in [-0.25, -0.2) is 4.39 Å². The number of halogens is 1. The lowest BCUT2D eigenvalue weighted by molar-refractivity contribution is -0.127. The van der Waals surface area contributed by atoms with E-state index >= 15 is 0 Å². The number of rotatable bonds is 3. The number of carbonyl (C=O) groups excluding carboxylic acids is 1. The lowest BCUT2D eigenvalue weighted by Gasteiger charge is -2.22. The van der Waals surface area contributed by atoms with Gasteiger partial charge in [0, 0.05) is 12.7 Å². The van der Waals surface area contributed by atoms with E-state index in [9.17, 15) is 9.18 Å². The quantitative estimate of drug-likeness (QED) is 0.811. The van der Waals surface area contributed by atoms with E-state index in [1.165, 1.54) is 17.0 Å². The van der Waals surface area contributed by atoms with Crippen molar-refractivity contribution in [1.29, 1.82) is 0 Å². The van der Waals surface area contributed by atoms with Crippen LogP contribution in [0.1, 0.15) is 20.8 Å². The number of hydrogen-bond acceptors (Lipinski definition) is 2. The fraction of sp³-hybridized carbons (Fsp3) is 0.462.